The minimum Gasteiger partial charge on any atom is -0.349 e. The van der Waals surface area contributed by atoms with Gasteiger partial charge in [0.05, 0.1) is 0 Å². The van der Waals surface area contributed by atoms with Crippen LogP contribution in [0.1, 0.15) is 45.9 Å². The molecule has 23 heavy (non-hydrogen) atoms. The van der Waals surface area contributed by atoms with E-state index in [1.807, 2.05) is 24.3 Å². The Labute approximate surface area is 139 Å². The van der Waals surface area contributed by atoms with Crippen molar-refractivity contribution in [1.29, 1.82) is 0 Å². The van der Waals surface area contributed by atoms with Crippen molar-refractivity contribution in [3.05, 3.63) is 68.1 Å². The number of nitrogens with one attached hydrogen (secondary N) is 2. The molecule has 0 saturated heterocycles. The predicted octanol–water partition coefficient (Wildman–Crippen LogP) is 3.32. The molecule has 1 aromatic carbocycles. The summed E-state index contributed by atoms with van der Waals surface area (Å²) in [5.41, 5.74) is 2.54. The van der Waals surface area contributed by atoms with Gasteiger partial charge >= 0.3 is 0 Å². The molecule has 1 amide bonds. The lowest BCUT2D eigenvalue weighted by Crippen LogP contribution is -2.45. The average molecular weight is 331 g/mol. The SMILES string of the molecule is Cc1cc(C)c(C(=O)NC2CC(c3cccc(Cl)c3)C2)c(=O)[nH]1. The van der Waals surface area contributed by atoms with E-state index in [0.29, 0.717) is 11.5 Å². The van der Waals surface area contributed by atoms with E-state index in [2.05, 4.69) is 16.4 Å². The van der Waals surface area contributed by atoms with Crippen LogP contribution in [0.15, 0.2) is 35.1 Å². The summed E-state index contributed by atoms with van der Waals surface area (Å²) in [7, 11) is 0. The Morgan fingerprint density at radius 2 is 2.00 bits per heavy atom. The van der Waals surface area contributed by atoms with E-state index < -0.39 is 0 Å². The standard InChI is InChI=1S/C18H19ClN2O2/c1-10-6-11(2)20-17(22)16(10)18(23)21-15-8-13(9-15)12-4-3-5-14(19)7-12/h3-7,13,15H,8-9H2,1-2H3,(H,20,22)(H,21,23). The highest BCUT2D eigenvalue weighted by molar-refractivity contribution is 6.30. The summed E-state index contributed by atoms with van der Waals surface area (Å²) < 4.78 is 0. The molecule has 1 aliphatic carbocycles. The highest BCUT2D eigenvalue weighted by Crippen LogP contribution is 2.37. The molecular weight excluding hydrogens is 312 g/mol. The maximum atomic E-state index is 12.3. The normalized spacial score (nSPS) is 20.0. The van der Waals surface area contributed by atoms with Gasteiger partial charge in [-0.1, -0.05) is 23.7 Å². The van der Waals surface area contributed by atoms with E-state index in [-0.39, 0.29) is 23.1 Å². The number of hydrogen-bond acceptors (Lipinski definition) is 2. The van der Waals surface area contributed by atoms with Gasteiger partial charge in [-0.05, 0) is 61.9 Å². The Morgan fingerprint density at radius 1 is 1.26 bits per heavy atom. The maximum Gasteiger partial charge on any atom is 0.261 e. The fourth-order valence-corrected chi connectivity index (χ4v) is 3.36. The lowest BCUT2D eigenvalue weighted by molar-refractivity contribution is 0.0906. The van der Waals surface area contributed by atoms with Gasteiger partial charge < -0.3 is 10.3 Å². The molecule has 2 N–H and O–H groups in total. The number of rotatable bonds is 3. The zero-order valence-corrected chi connectivity index (χ0v) is 13.9. The first-order valence-corrected chi connectivity index (χ1v) is 8.08. The summed E-state index contributed by atoms with van der Waals surface area (Å²) in [5.74, 6) is 0.120. The van der Waals surface area contributed by atoms with Crippen molar-refractivity contribution in [3.8, 4) is 0 Å². The van der Waals surface area contributed by atoms with Gasteiger partial charge in [0.15, 0.2) is 0 Å². The zero-order valence-electron chi connectivity index (χ0n) is 13.2. The molecule has 0 unspecified atom stereocenters. The van der Waals surface area contributed by atoms with Crippen LogP contribution in [-0.4, -0.2) is 16.9 Å². The van der Waals surface area contributed by atoms with Gasteiger partial charge in [0, 0.05) is 16.8 Å². The Morgan fingerprint density at radius 3 is 2.65 bits per heavy atom. The van der Waals surface area contributed by atoms with Crippen LogP contribution in [0.25, 0.3) is 0 Å². The Hall–Kier alpha value is -2.07. The number of hydrogen-bond donors (Lipinski definition) is 2. The van der Waals surface area contributed by atoms with Gasteiger partial charge in [0.1, 0.15) is 5.56 Å². The first-order chi connectivity index (χ1) is 10.9. The van der Waals surface area contributed by atoms with Crippen molar-refractivity contribution in [2.75, 3.05) is 0 Å². The Balaban J connectivity index is 1.64. The number of amides is 1. The van der Waals surface area contributed by atoms with Crippen molar-refractivity contribution < 1.29 is 4.79 Å². The molecule has 5 heteroatoms. The van der Waals surface area contributed by atoms with Crippen LogP contribution in [0.3, 0.4) is 0 Å². The predicted molar refractivity (Wildman–Crippen MR) is 91.2 cm³/mol. The summed E-state index contributed by atoms with van der Waals surface area (Å²) in [4.78, 5) is 27.0. The average Bonchev–Trinajstić information content (AvgIpc) is 2.41. The summed E-state index contributed by atoms with van der Waals surface area (Å²) in [5, 5.41) is 3.69. The topological polar surface area (TPSA) is 62.0 Å². The van der Waals surface area contributed by atoms with Crippen LogP contribution >= 0.6 is 11.6 Å². The monoisotopic (exact) mass is 330 g/mol. The fraction of sp³-hybridized carbons (Fsp3) is 0.333. The van der Waals surface area contributed by atoms with Gasteiger partial charge in [0.25, 0.3) is 11.5 Å². The van der Waals surface area contributed by atoms with Crippen molar-refractivity contribution in [2.45, 2.75) is 38.6 Å². The first kappa shape index (κ1) is 15.8. The number of H-pyrrole nitrogens is 1. The number of aryl methyl sites for hydroxylation is 2. The molecule has 1 aromatic heterocycles. The molecule has 0 aliphatic heterocycles. The summed E-state index contributed by atoms with van der Waals surface area (Å²) in [6.45, 7) is 3.59. The number of aromatic nitrogens is 1. The highest BCUT2D eigenvalue weighted by atomic mass is 35.5. The molecule has 3 rings (SSSR count). The third-order valence-corrected chi connectivity index (χ3v) is 4.62. The van der Waals surface area contributed by atoms with E-state index in [9.17, 15) is 9.59 Å². The molecule has 4 nitrogen and oxygen atoms in total. The van der Waals surface area contributed by atoms with E-state index in [0.717, 1.165) is 23.6 Å². The highest BCUT2D eigenvalue weighted by Gasteiger charge is 2.32. The fourth-order valence-electron chi connectivity index (χ4n) is 3.16. The van der Waals surface area contributed by atoms with Gasteiger partial charge in [-0.15, -0.1) is 0 Å². The summed E-state index contributed by atoms with van der Waals surface area (Å²) >= 11 is 6.01. The second kappa shape index (κ2) is 6.20. The van der Waals surface area contributed by atoms with Crippen LogP contribution < -0.4 is 10.9 Å². The lowest BCUT2D eigenvalue weighted by atomic mass is 9.76. The number of benzene rings is 1. The second-order valence-electron chi connectivity index (χ2n) is 6.23. The Kier molecular flexibility index (Phi) is 4.26. The molecular formula is C18H19ClN2O2. The summed E-state index contributed by atoms with van der Waals surface area (Å²) in [6.07, 6.45) is 1.74. The molecule has 1 heterocycles. The van der Waals surface area contributed by atoms with Crippen LogP contribution in [-0.2, 0) is 0 Å². The first-order valence-electron chi connectivity index (χ1n) is 7.71. The van der Waals surface area contributed by atoms with E-state index in [1.54, 1.807) is 13.8 Å². The van der Waals surface area contributed by atoms with Crippen molar-refractivity contribution in [3.63, 3.8) is 0 Å². The zero-order chi connectivity index (χ0) is 16.6. The van der Waals surface area contributed by atoms with Gasteiger partial charge in [-0.3, -0.25) is 9.59 Å². The van der Waals surface area contributed by atoms with E-state index in [4.69, 9.17) is 11.6 Å². The van der Waals surface area contributed by atoms with Gasteiger partial charge in [-0.25, -0.2) is 0 Å². The number of aromatic amines is 1. The quantitative estimate of drug-likeness (QED) is 0.906. The smallest absolute Gasteiger partial charge is 0.261 e. The largest absolute Gasteiger partial charge is 0.349 e. The molecule has 0 radical (unpaired) electrons. The van der Waals surface area contributed by atoms with Crippen LogP contribution in [0.5, 0.6) is 0 Å². The van der Waals surface area contributed by atoms with Gasteiger partial charge in [0.2, 0.25) is 0 Å². The Bertz CT molecular complexity index is 807. The number of carbonyl (C=O) groups is 1. The molecule has 1 aliphatic rings. The summed E-state index contributed by atoms with van der Waals surface area (Å²) in [6, 6.07) is 9.74. The molecule has 1 fully saturated rings. The minimum atomic E-state index is -0.328. The molecule has 120 valence electrons. The van der Waals surface area contributed by atoms with E-state index in [1.165, 1.54) is 5.56 Å². The van der Waals surface area contributed by atoms with Gasteiger partial charge in [-0.2, -0.15) is 0 Å². The van der Waals surface area contributed by atoms with E-state index >= 15 is 0 Å². The molecule has 0 spiro atoms. The molecule has 0 atom stereocenters. The minimum absolute atomic E-state index is 0.103. The third kappa shape index (κ3) is 3.32. The molecule has 1 saturated carbocycles. The maximum absolute atomic E-state index is 12.3. The lowest BCUT2D eigenvalue weighted by Gasteiger charge is -2.36. The third-order valence-electron chi connectivity index (χ3n) is 4.39. The number of halogens is 1. The number of pyridine rings is 1. The van der Waals surface area contributed by atoms with Crippen LogP contribution in [0.4, 0.5) is 0 Å². The van der Waals surface area contributed by atoms with Crippen LogP contribution in [0, 0.1) is 13.8 Å². The van der Waals surface area contributed by atoms with Crippen molar-refractivity contribution >= 4 is 17.5 Å². The van der Waals surface area contributed by atoms with Crippen LogP contribution in [0.2, 0.25) is 5.02 Å². The number of carbonyl (C=O) groups excluding carboxylic acids is 1. The second-order valence-corrected chi connectivity index (χ2v) is 6.67. The molecule has 0 bridgehead atoms. The molecule has 2 aromatic rings. The van der Waals surface area contributed by atoms with Crippen molar-refractivity contribution in [1.82, 2.24) is 10.3 Å². The van der Waals surface area contributed by atoms with Crippen molar-refractivity contribution in [2.24, 2.45) is 0 Å².